The van der Waals surface area contributed by atoms with Crippen LogP contribution in [0.15, 0.2) is 0 Å². The van der Waals surface area contributed by atoms with Crippen molar-refractivity contribution in [2.24, 2.45) is 0 Å². The number of aliphatic hydroxyl groups excluding tert-OH is 1. The second-order valence-electron chi connectivity index (χ2n) is 2.76. The van der Waals surface area contributed by atoms with Crippen molar-refractivity contribution in [1.82, 2.24) is 10.6 Å². The molecule has 1 aliphatic heterocycles. The number of hydrogen-bond donors (Lipinski definition) is 3. The molecule has 0 aromatic rings. The second-order valence-corrected chi connectivity index (χ2v) is 3.75. The highest BCUT2D eigenvalue weighted by atomic mass is 32.2. The van der Waals surface area contributed by atoms with E-state index in [0.29, 0.717) is 6.54 Å². The van der Waals surface area contributed by atoms with E-state index in [1.54, 1.807) is 11.8 Å². The number of rotatable bonds is 3. The Morgan fingerprint density at radius 2 is 2.50 bits per heavy atom. The van der Waals surface area contributed by atoms with Crippen LogP contribution in [-0.4, -0.2) is 41.8 Å². The van der Waals surface area contributed by atoms with Crippen LogP contribution >= 0.6 is 11.8 Å². The fourth-order valence-electron chi connectivity index (χ4n) is 1.14. The van der Waals surface area contributed by atoms with Gasteiger partial charge in [-0.3, -0.25) is 10.1 Å². The summed E-state index contributed by atoms with van der Waals surface area (Å²) in [5.41, 5.74) is 0. The number of amides is 1. The van der Waals surface area contributed by atoms with E-state index in [0.717, 1.165) is 12.2 Å². The van der Waals surface area contributed by atoms with Crippen LogP contribution in [0.25, 0.3) is 0 Å². The molecule has 1 fully saturated rings. The van der Waals surface area contributed by atoms with Gasteiger partial charge in [0, 0.05) is 0 Å². The summed E-state index contributed by atoms with van der Waals surface area (Å²) in [5, 5.41) is 14.6. The monoisotopic (exact) mass is 190 g/mol. The lowest BCUT2D eigenvalue weighted by molar-refractivity contribution is -0.127. The number of carbonyl (C=O) groups is 1. The van der Waals surface area contributed by atoms with Crippen molar-refractivity contribution in [3.63, 3.8) is 0 Å². The molecule has 0 radical (unpaired) electrons. The minimum Gasteiger partial charge on any atom is -0.377 e. The highest BCUT2D eigenvalue weighted by Crippen LogP contribution is 2.03. The lowest BCUT2D eigenvalue weighted by atomic mass is 10.1. The zero-order valence-corrected chi connectivity index (χ0v) is 7.86. The number of aliphatic hydroxyl groups is 1. The van der Waals surface area contributed by atoms with Gasteiger partial charge in [-0.15, -0.1) is 0 Å². The summed E-state index contributed by atoms with van der Waals surface area (Å²) < 4.78 is 0. The highest BCUT2D eigenvalue weighted by Gasteiger charge is 2.25. The molecule has 1 rings (SSSR count). The van der Waals surface area contributed by atoms with Crippen LogP contribution in [0, 0.1) is 0 Å². The summed E-state index contributed by atoms with van der Waals surface area (Å²) in [5.74, 6) is 0.923. The number of β-amino-alcohol motifs (C(OH)–C–C–N with tert-alkyl or cyclic N) is 1. The molecule has 0 spiro atoms. The predicted molar refractivity (Wildman–Crippen MR) is 48.9 cm³/mol. The summed E-state index contributed by atoms with van der Waals surface area (Å²) in [6.07, 6.45) is 2.18. The van der Waals surface area contributed by atoms with Gasteiger partial charge in [-0.2, -0.15) is 11.8 Å². The van der Waals surface area contributed by atoms with Crippen molar-refractivity contribution >= 4 is 17.7 Å². The number of thioether (sulfide) groups is 1. The molecule has 70 valence electrons. The third kappa shape index (κ3) is 2.66. The highest BCUT2D eigenvalue weighted by molar-refractivity contribution is 7.98. The van der Waals surface area contributed by atoms with E-state index in [2.05, 4.69) is 10.6 Å². The molecule has 0 aromatic carbocycles. The zero-order valence-electron chi connectivity index (χ0n) is 7.04. The molecular formula is C7H14N2O2S. The standard InChI is InChI=1S/C7H14N2O2S/c1-12-3-2-5-7(11)8-4-6(10)9-5/h5-6,9-10H,2-4H2,1H3,(H,8,11)/t5-,6?/m1/s1. The average Bonchev–Trinajstić information content (AvgIpc) is 2.07. The van der Waals surface area contributed by atoms with Gasteiger partial charge in [0.15, 0.2) is 0 Å². The lowest BCUT2D eigenvalue weighted by Crippen LogP contribution is -2.58. The molecule has 0 bridgehead atoms. The molecule has 1 heterocycles. The van der Waals surface area contributed by atoms with Crippen LogP contribution in [-0.2, 0) is 4.79 Å². The van der Waals surface area contributed by atoms with Crippen molar-refractivity contribution in [2.75, 3.05) is 18.6 Å². The van der Waals surface area contributed by atoms with Gasteiger partial charge in [-0.1, -0.05) is 0 Å². The Labute approximate surface area is 76.1 Å². The van der Waals surface area contributed by atoms with Crippen molar-refractivity contribution in [1.29, 1.82) is 0 Å². The Morgan fingerprint density at radius 1 is 1.75 bits per heavy atom. The number of hydrogen-bond acceptors (Lipinski definition) is 4. The third-order valence-electron chi connectivity index (χ3n) is 1.79. The largest absolute Gasteiger partial charge is 0.377 e. The average molecular weight is 190 g/mol. The Balaban J connectivity index is 2.33. The fourth-order valence-corrected chi connectivity index (χ4v) is 1.61. The van der Waals surface area contributed by atoms with E-state index in [9.17, 15) is 4.79 Å². The van der Waals surface area contributed by atoms with Gasteiger partial charge in [-0.05, 0) is 18.4 Å². The van der Waals surface area contributed by atoms with Gasteiger partial charge < -0.3 is 10.4 Å². The molecule has 5 heteroatoms. The number of carbonyl (C=O) groups excluding carboxylic acids is 1. The Hall–Kier alpha value is -0.260. The molecule has 4 nitrogen and oxygen atoms in total. The topological polar surface area (TPSA) is 61.4 Å². The molecule has 3 N–H and O–H groups in total. The minimum absolute atomic E-state index is 0.00523. The SMILES string of the molecule is CSCC[C@H]1NC(O)CNC1=O. The Morgan fingerprint density at radius 3 is 3.17 bits per heavy atom. The molecule has 1 saturated heterocycles. The van der Waals surface area contributed by atoms with Gasteiger partial charge in [-0.25, -0.2) is 0 Å². The van der Waals surface area contributed by atoms with E-state index in [-0.39, 0.29) is 11.9 Å². The predicted octanol–water partition coefficient (Wildman–Crippen LogP) is -0.854. The van der Waals surface area contributed by atoms with Crippen LogP contribution in [0.3, 0.4) is 0 Å². The summed E-state index contributed by atoms with van der Waals surface area (Å²) in [6, 6.07) is -0.221. The van der Waals surface area contributed by atoms with E-state index >= 15 is 0 Å². The maximum atomic E-state index is 11.2. The van der Waals surface area contributed by atoms with E-state index in [1.165, 1.54) is 0 Å². The quantitative estimate of drug-likeness (QED) is 0.542. The van der Waals surface area contributed by atoms with Gasteiger partial charge >= 0.3 is 0 Å². The van der Waals surface area contributed by atoms with E-state index in [4.69, 9.17) is 5.11 Å². The molecule has 2 atom stereocenters. The first kappa shape index (κ1) is 9.83. The van der Waals surface area contributed by atoms with Crippen LogP contribution in [0.5, 0.6) is 0 Å². The van der Waals surface area contributed by atoms with Crippen molar-refractivity contribution in [2.45, 2.75) is 18.7 Å². The molecule has 1 amide bonds. The smallest absolute Gasteiger partial charge is 0.237 e. The van der Waals surface area contributed by atoms with Gasteiger partial charge in [0.1, 0.15) is 6.23 Å². The molecule has 1 aliphatic rings. The maximum absolute atomic E-state index is 11.2. The second kappa shape index (κ2) is 4.69. The normalized spacial score (nSPS) is 30.0. The van der Waals surface area contributed by atoms with Crippen LogP contribution in [0.4, 0.5) is 0 Å². The first-order valence-corrected chi connectivity index (χ1v) is 5.34. The molecule has 0 saturated carbocycles. The van der Waals surface area contributed by atoms with Gasteiger partial charge in [0.25, 0.3) is 0 Å². The van der Waals surface area contributed by atoms with Crippen molar-refractivity contribution in [3.8, 4) is 0 Å². The van der Waals surface area contributed by atoms with Gasteiger partial charge in [0.2, 0.25) is 5.91 Å². The lowest BCUT2D eigenvalue weighted by Gasteiger charge is -2.27. The third-order valence-corrected chi connectivity index (χ3v) is 2.43. The van der Waals surface area contributed by atoms with Crippen LogP contribution in [0.2, 0.25) is 0 Å². The summed E-state index contributed by atoms with van der Waals surface area (Å²) in [7, 11) is 0. The molecule has 1 unspecified atom stereocenters. The molecule has 0 aromatic heterocycles. The van der Waals surface area contributed by atoms with Crippen molar-refractivity contribution < 1.29 is 9.90 Å². The van der Waals surface area contributed by atoms with Crippen LogP contribution in [0.1, 0.15) is 6.42 Å². The number of piperazine rings is 1. The van der Waals surface area contributed by atoms with Crippen LogP contribution < -0.4 is 10.6 Å². The Bertz CT molecular complexity index is 165. The molecular weight excluding hydrogens is 176 g/mol. The first-order chi connectivity index (χ1) is 5.74. The Kier molecular flexibility index (Phi) is 3.84. The van der Waals surface area contributed by atoms with Gasteiger partial charge in [0.05, 0.1) is 12.6 Å². The number of nitrogens with one attached hydrogen (secondary N) is 2. The molecule has 12 heavy (non-hydrogen) atoms. The zero-order chi connectivity index (χ0) is 8.97. The van der Waals surface area contributed by atoms with E-state index in [1.807, 2.05) is 6.26 Å². The fraction of sp³-hybridized carbons (Fsp3) is 0.857. The molecule has 0 aliphatic carbocycles. The van der Waals surface area contributed by atoms with Crippen molar-refractivity contribution in [3.05, 3.63) is 0 Å². The maximum Gasteiger partial charge on any atom is 0.237 e. The summed E-state index contributed by atoms with van der Waals surface area (Å²) >= 11 is 1.70. The first-order valence-electron chi connectivity index (χ1n) is 3.95. The summed E-state index contributed by atoms with van der Waals surface area (Å²) in [4.78, 5) is 11.2. The minimum atomic E-state index is -0.588. The van der Waals surface area contributed by atoms with E-state index < -0.39 is 6.23 Å². The summed E-state index contributed by atoms with van der Waals surface area (Å²) in [6.45, 7) is 0.314.